The molecule has 0 aliphatic carbocycles. The van der Waals surface area contributed by atoms with Crippen molar-refractivity contribution in [1.82, 2.24) is 9.97 Å². The molecule has 0 spiro atoms. The molecule has 0 saturated carbocycles. The summed E-state index contributed by atoms with van der Waals surface area (Å²) < 4.78 is 1.92. The molecule has 0 saturated heterocycles. The van der Waals surface area contributed by atoms with Crippen LogP contribution < -0.4 is 0 Å². The number of hydrogen-bond acceptors (Lipinski definition) is 3. The number of nitrogens with zero attached hydrogens (tertiary/aromatic N) is 2. The maximum absolute atomic E-state index is 4.30. The SMILES string of the molecule is Brc1cnc(Sc2ccccn2)c(Br)c1. The molecule has 0 amide bonds. The number of hydrogen-bond donors (Lipinski definition) is 0. The van der Waals surface area contributed by atoms with Crippen molar-refractivity contribution >= 4 is 43.6 Å². The molecule has 0 unspecified atom stereocenters. The zero-order valence-electron chi connectivity index (χ0n) is 7.52. The van der Waals surface area contributed by atoms with E-state index in [2.05, 4.69) is 41.8 Å². The van der Waals surface area contributed by atoms with Crippen molar-refractivity contribution in [3.05, 3.63) is 45.6 Å². The number of aromatic nitrogens is 2. The van der Waals surface area contributed by atoms with Gasteiger partial charge >= 0.3 is 0 Å². The zero-order chi connectivity index (χ0) is 10.7. The second-order valence-electron chi connectivity index (χ2n) is 2.71. The average molecular weight is 346 g/mol. The predicted molar refractivity (Wildman–Crippen MR) is 68.0 cm³/mol. The smallest absolute Gasteiger partial charge is 0.116 e. The van der Waals surface area contributed by atoms with Gasteiger partial charge in [0.2, 0.25) is 0 Å². The molecule has 0 fully saturated rings. The molecular formula is C10H6Br2N2S. The van der Waals surface area contributed by atoms with Gasteiger partial charge in [-0.15, -0.1) is 0 Å². The van der Waals surface area contributed by atoms with E-state index in [4.69, 9.17) is 0 Å². The van der Waals surface area contributed by atoms with E-state index in [1.54, 1.807) is 12.4 Å². The van der Waals surface area contributed by atoms with E-state index in [1.807, 2.05) is 24.3 Å². The van der Waals surface area contributed by atoms with Crippen LogP contribution in [0.2, 0.25) is 0 Å². The van der Waals surface area contributed by atoms with Gasteiger partial charge in [-0.1, -0.05) is 6.07 Å². The summed E-state index contributed by atoms with van der Waals surface area (Å²) in [6.07, 6.45) is 3.55. The summed E-state index contributed by atoms with van der Waals surface area (Å²) in [6.45, 7) is 0. The first-order chi connectivity index (χ1) is 7.25. The Morgan fingerprint density at radius 1 is 1.13 bits per heavy atom. The van der Waals surface area contributed by atoms with E-state index >= 15 is 0 Å². The first-order valence-electron chi connectivity index (χ1n) is 4.15. The average Bonchev–Trinajstić information content (AvgIpc) is 2.24. The minimum Gasteiger partial charge on any atom is -0.250 e. The lowest BCUT2D eigenvalue weighted by Crippen LogP contribution is -1.83. The molecule has 15 heavy (non-hydrogen) atoms. The summed E-state index contributed by atoms with van der Waals surface area (Å²) >= 11 is 8.36. The Morgan fingerprint density at radius 3 is 2.67 bits per heavy atom. The summed E-state index contributed by atoms with van der Waals surface area (Å²) in [6, 6.07) is 7.79. The number of pyridine rings is 2. The third kappa shape index (κ3) is 3.03. The van der Waals surface area contributed by atoms with E-state index in [1.165, 1.54) is 11.8 Å². The van der Waals surface area contributed by atoms with Crippen LogP contribution >= 0.6 is 43.6 Å². The van der Waals surface area contributed by atoms with Gasteiger partial charge in [0.25, 0.3) is 0 Å². The Balaban J connectivity index is 2.25. The van der Waals surface area contributed by atoms with E-state index in [-0.39, 0.29) is 0 Å². The molecule has 2 heterocycles. The zero-order valence-corrected chi connectivity index (χ0v) is 11.5. The Kier molecular flexibility index (Phi) is 3.77. The Hall–Kier alpha value is -0.390. The van der Waals surface area contributed by atoms with E-state index in [9.17, 15) is 0 Å². The maximum atomic E-state index is 4.30. The molecule has 0 radical (unpaired) electrons. The number of rotatable bonds is 2. The highest BCUT2D eigenvalue weighted by Crippen LogP contribution is 2.31. The molecule has 5 heteroatoms. The van der Waals surface area contributed by atoms with E-state index in [0.29, 0.717) is 0 Å². The molecular weight excluding hydrogens is 340 g/mol. The van der Waals surface area contributed by atoms with Gasteiger partial charge < -0.3 is 0 Å². The quantitative estimate of drug-likeness (QED) is 0.817. The molecule has 0 bridgehead atoms. The molecule has 2 rings (SSSR count). The second kappa shape index (κ2) is 5.09. The Bertz CT molecular complexity index is 462. The molecule has 0 aliphatic heterocycles. The van der Waals surface area contributed by atoms with Gasteiger partial charge in [0.15, 0.2) is 0 Å². The van der Waals surface area contributed by atoms with Crippen molar-refractivity contribution in [2.75, 3.05) is 0 Å². The Labute approximate surface area is 109 Å². The third-order valence-electron chi connectivity index (χ3n) is 1.61. The van der Waals surface area contributed by atoms with Gasteiger partial charge in [0, 0.05) is 16.9 Å². The van der Waals surface area contributed by atoms with Gasteiger partial charge in [-0.05, 0) is 61.8 Å². The first kappa shape index (κ1) is 11.1. The van der Waals surface area contributed by atoms with Crippen LogP contribution in [0.4, 0.5) is 0 Å². The molecule has 0 N–H and O–H groups in total. The topological polar surface area (TPSA) is 25.8 Å². The highest BCUT2D eigenvalue weighted by atomic mass is 79.9. The molecule has 0 aromatic carbocycles. The minimum absolute atomic E-state index is 0.914. The molecule has 2 aromatic heterocycles. The van der Waals surface area contributed by atoms with Crippen LogP contribution in [-0.2, 0) is 0 Å². The van der Waals surface area contributed by atoms with Crippen molar-refractivity contribution in [2.45, 2.75) is 10.1 Å². The first-order valence-corrected chi connectivity index (χ1v) is 6.56. The lowest BCUT2D eigenvalue weighted by Gasteiger charge is -2.02. The fourth-order valence-electron chi connectivity index (χ4n) is 0.984. The molecule has 2 aromatic rings. The number of halogens is 2. The van der Waals surface area contributed by atoms with Crippen molar-refractivity contribution in [3.63, 3.8) is 0 Å². The van der Waals surface area contributed by atoms with Crippen molar-refractivity contribution in [3.8, 4) is 0 Å². The summed E-state index contributed by atoms with van der Waals surface area (Å²) in [7, 11) is 0. The summed E-state index contributed by atoms with van der Waals surface area (Å²) in [5.41, 5.74) is 0. The van der Waals surface area contributed by atoms with Crippen LogP contribution in [0.25, 0.3) is 0 Å². The van der Waals surface area contributed by atoms with Gasteiger partial charge in [0.1, 0.15) is 10.1 Å². The summed E-state index contributed by atoms with van der Waals surface area (Å²) in [4.78, 5) is 8.53. The fraction of sp³-hybridized carbons (Fsp3) is 0. The van der Waals surface area contributed by atoms with Gasteiger partial charge in [-0.3, -0.25) is 0 Å². The van der Waals surface area contributed by atoms with Crippen molar-refractivity contribution in [2.24, 2.45) is 0 Å². The lowest BCUT2D eigenvalue weighted by atomic mass is 10.5. The van der Waals surface area contributed by atoms with Crippen LogP contribution in [-0.4, -0.2) is 9.97 Å². The van der Waals surface area contributed by atoms with E-state index in [0.717, 1.165) is 19.0 Å². The van der Waals surface area contributed by atoms with Gasteiger partial charge in [0.05, 0.1) is 4.47 Å². The lowest BCUT2D eigenvalue weighted by molar-refractivity contribution is 1.07. The highest BCUT2D eigenvalue weighted by Gasteiger charge is 2.04. The monoisotopic (exact) mass is 344 g/mol. The van der Waals surface area contributed by atoms with Crippen molar-refractivity contribution in [1.29, 1.82) is 0 Å². The van der Waals surface area contributed by atoms with Crippen molar-refractivity contribution < 1.29 is 0 Å². The predicted octanol–water partition coefficient (Wildman–Crippen LogP) is 4.15. The fourth-order valence-corrected chi connectivity index (χ4v) is 2.93. The van der Waals surface area contributed by atoms with Gasteiger partial charge in [-0.25, -0.2) is 9.97 Å². The molecule has 76 valence electrons. The standard InChI is InChI=1S/C10H6Br2N2S/c11-7-5-8(12)10(14-6-7)15-9-3-1-2-4-13-9/h1-6H. The molecule has 0 aliphatic rings. The second-order valence-corrected chi connectivity index (χ2v) is 5.49. The normalized spacial score (nSPS) is 10.3. The third-order valence-corrected chi connectivity index (χ3v) is 3.88. The molecule has 0 atom stereocenters. The van der Waals surface area contributed by atoms with Crippen LogP contribution in [0, 0.1) is 0 Å². The van der Waals surface area contributed by atoms with Crippen LogP contribution in [0.1, 0.15) is 0 Å². The van der Waals surface area contributed by atoms with Crippen LogP contribution in [0.3, 0.4) is 0 Å². The summed E-state index contributed by atoms with van der Waals surface area (Å²) in [5, 5.41) is 1.85. The maximum Gasteiger partial charge on any atom is 0.116 e. The largest absolute Gasteiger partial charge is 0.250 e. The highest BCUT2D eigenvalue weighted by molar-refractivity contribution is 9.11. The molecule has 2 nitrogen and oxygen atoms in total. The summed E-state index contributed by atoms with van der Waals surface area (Å²) in [5.74, 6) is 0. The van der Waals surface area contributed by atoms with Gasteiger partial charge in [-0.2, -0.15) is 0 Å². The van der Waals surface area contributed by atoms with Crippen LogP contribution in [0.15, 0.2) is 55.7 Å². The van der Waals surface area contributed by atoms with Crippen LogP contribution in [0.5, 0.6) is 0 Å². The Morgan fingerprint density at radius 2 is 2.00 bits per heavy atom. The van der Waals surface area contributed by atoms with E-state index < -0.39 is 0 Å². The minimum atomic E-state index is 0.914.